The lowest BCUT2D eigenvalue weighted by molar-refractivity contribution is 0.0601. The van der Waals surface area contributed by atoms with E-state index in [-0.39, 0.29) is 37.9 Å². The Hall–Kier alpha value is -3.41. The zero-order chi connectivity index (χ0) is 22.2. The second-order valence-electron chi connectivity index (χ2n) is 6.11. The highest BCUT2D eigenvalue weighted by Crippen LogP contribution is 2.34. The minimum atomic E-state index is -2.82. The van der Waals surface area contributed by atoms with Gasteiger partial charge in [0.05, 0.1) is 26.0 Å². The largest absolute Gasteiger partial charge is 0.465 e. The van der Waals surface area contributed by atoms with Gasteiger partial charge in [-0.15, -0.1) is 11.3 Å². The third-order valence-corrected chi connectivity index (χ3v) is 5.42. The molecular formula is C18H16F2N4O5S. The van der Waals surface area contributed by atoms with Gasteiger partial charge in [0.2, 0.25) is 0 Å². The summed E-state index contributed by atoms with van der Waals surface area (Å²) in [6, 6.07) is 1.17. The van der Waals surface area contributed by atoms with Crippen molar-refractivity contribution in [2.45, 2.75) is 20.3 Å². The fourth-order valence-corrected chi connectivity index (χ4v) is 3.94. The molecule has 0 unspecified atom stereocenters. The Morgan fingerprint density at radius 2 is 1.83 bits per heavy atom. The zero-order valence-electron chi connectivity index (χ0n) is 16.3. The quantitative estimate of drug-likeness (QED) is 0.609. The van der Waals surface area contributed by atoms with Crippen molar-refractivity contribution in [3.63, 3.8) is 0 Å². The van der Waals surface area contributed by atoms with Crippen LogP contribution >= 0.6 is 11.3 Å². The molecule has 0 bridgehead atoms. The molecule has 9 nitrogen and oxygen atoms in total. The summed E-state index contributed by atoms with van der Waals surface area (Å²) in [4.78, 5) is 41.2. The number of anilines is 1. The van der Waals surface area contributed by atoms with Gasteiger partial charge in [-0.2, -0.15) is 5.10 Å². The van der Waals surface area contributed by atoms with Crippen molar-refractivity contribution in [1.29, 1.82) is 0 Å². The number of alkyl halides is 2. The Bertz CT molecular complexity index is 1170. The van der Waals surface area contributed by atoms with Crippen molar-refractivity contribution in [2.24, 2.45) is 0 Å². The molecule has 0 saturated carbocycles. The number of aryl methyl sites for hydroxylation is 1. The van der Waals surface area contributed by atoms with Gasteiger partial charge in [0.1, 0.15) is 21.1 Å². The maximum atomic E-state index is 13.3. The van der Waals surface area contributed by atoms with E-state index in [9.17, 15) is 23.2 Å². The van der Waals surface area contributed by atoms with E-state index in [0.717, 1.165) is 29.2 Å². The summed E-state index contributed by atoms with van der Waals surface area (Å²) in [6.45, 7) is 3.03. The minimum Gasteiger partial charge on any atom is -0.465 e. The molecule has 0 radical (unpaired) electrons. The van der Waals surface area contributed by atoms with Crippen molar-refractivity contribution in [3.8, 4) is 0 Å². The molecule has 0 aliphatic rings. The Balaban J connectivity index is 2.07. The molecule has 3 aromatic heterocycles. The number of aromatic nitrogens is 3. The second-order valence-corrected chi connectivity index (χ2v) is 7.13. The third kappa shape index (κ3) is 3.61. The normalized spacial score (nSPS) is 11.0. The van der Waals surface area contributed by atoms with Crippen molar-refractivity contribution in [3.05, 3.63) is 45.2 Å². The van der Waals surface area contributed by atoms with Crippen molar-refractivity contribution < 1.29 is 32.6 Å². The van der Waals surface area contributed by atoms with Crippen LogP contribution in [0.15, 0.2) is 12.3 Å². The molecule has 0 spiro atoms. The van der Waals surface area contributed by atoms with E-state index in [1.807, 2.05) is 0 Å². The first-order valence-electron chi connectivity index (χ1n) is 8.44. The third-order valence-electron chi connectivity index (χ3n) is 4.23. The molecular weight excluding hydrogens is 422 g/mol. The SMILES string of the molecule is COC(=O)c1sc(NC(=O)c2cnn3c(C(F)F)cc(C)nc23)c(C(=O)OC)c1C. The standard InChI is InChI=1S/C18H16F2N4O5S/c1-7-5-10(13(19)20)24-14(22-7)9(6-21-24)15(25)23-16-11(17(26)28-3)8(2)12(30-16)18(27)29-4/h5-6,13H,1-4H3,(H,23,25). The monoisotopic (exact) mass is 438 g/mol. The number of rotatable bonds is 5. The maximum Gasteiger partial charge on any atom is 0.348 e. The summed E-state index contributed by atoms with van der Waals surface area (Å²) in [5.41, 5.74) is -0.00628. The number of hydrogen-bond donors (Lipinski definition) is 1. The Labute approximate surface area is 172 Å². The van der Waals surface area contributed by atoms with Crippen LogP contribution in [0.3, 0.4) is 0 Å². The van der Waals surface area contributed by atoms with Crippen LogP contribution < -0.4 is 5.32 Å². The zero-order valence-corrected chi connectivity index (χ0v) is 17.1. The Kier molecular flexibility index (Phi) is 5.78. The summed E-state index contributed by atoms with van der Waals surface area (Å²) in [6.07, 6.45) is -1.72. The van der Waals surface area contributed by atoms with Crippen LogP contribution in [-0.4, -0.2) is 46.7 Å². The number of hydrogen-bond acceptors (Lipinski definition) is 8. The molecule has 0 aliphatic carbocycles. The van der Waals surface area contributed by atoms with E-state index in [1.54, 1.807) is 0 Å². The molecule has 1 amide bonds. The number of ether oxygens (including phenoxy) is 2. The smallest absolute Gasteiger partial charge is 0.348 e. The van der Waals surface area contributed by atoms with E-state index < -0.39 is 30.0 Å². The van der Waals surface area contributed by atoms with Gasteiger partial charge in [-0.1, -0.05) is 0 Å². The van der Waals surface area contributed by atoms with Crippen LogP contribution in [0.2, 0.25) is 0 Å². The number of carbonyl (C=O) groups excluding carboxylic acids is 3. The molecule has 3 aromatic rings. The van der Waals surface area contributed by atoms with E-state index in [0.29, 0.717) is 0 Å². The molecule has 30 heavy (non-hydrogen) atoms. The number of fused-ring (bicyclic) bond motifs is 1. The number of amides is 1. The molecule has 3 rings (SSSR count). The van der Waals surface area contributed by atoms with Gasteiger partial charge in [0.25, 0.3) is 12.3 Å². The summed E-state index contributed by atoms with van der Waals surface area (Å²) in [5.74, 6) is -2.19. The number of methoxy groups -OCH3 is 2. The minimum absolute atomic E-state index is 0.00914. The van der Waals surface area contributed by atoms with Crippen LogP contribution in [0.25, 0.3) is 5.65 Å². The first-order valence-corrected chi connectivity index (χ1v) is 9.26. The Morgan fingerprint density at radius 1 is 1.17 bits per heavy atom. The Morgan fingerprint density at radius 3 is 2.43 bits per heavy atom. The van der Waals surface area contributed by atoms with Crippen molar-refractivity contribution in [2.75, 3.05) is 19.5 Å². The molecule has 0 aliphatic heterocycles. The summed E-state index contributed by atoms with van der Waals surface area (Å²) in [5, 5.41) is 6.40. The van der Waals surface area contributed by atoms with Gasteiger partial charge >= 0.3 is 11.9 Å². The predicted molar refractivity (Wildman–Crippen MR) is 102 cm³/mol. The molecule has 1 N–H and O–H groups in total. The molecule has 0 fully saturated rings. The van der Waals surface area contributed by atoms with E-state index >= 15 is 0 Å². The maximum absolute atomic E-state index is 13.3. The number of esters is 2. The molecule has 158 valence electrons. The molecule has 12 heteroatoms. The highest BCUT2D eigenvalue weighted by atomic mass is 32.1. The second kappa shape index (κ2) is 8.14. The van der Waals surface area contributed by atoms with Gasteiger partial charge in [-0.3, -0.25) is 4.79 Å². The van der Waals surface area contributed by atoms with Crippen molar-refractivity contribution >= 4 is 39.8 Å². The van der Waals surface area contributed by atoms with Crippen LogP contribution in [0, 0.1) is 13.8 Å². The van der Waals surface area contributed by atoms with Crippen molar-refractivity contribution in [1.82, 2.24) is 14.6 Å². The van der Waals surface area contributed by atoms with Gasteiger partial charge < -0.3 is 14.8 Å². The number of nitrogens with one attached hydrogen (secondary N) is 1. The number of thiophene rings is 1. The van der Waals surface area contributed by atoms with Crippen LogP contribution in [0.4, 0.5) is 13.8 Å². The van der Waals surface area contributed by atoms with E-state index in [4.69, 9.17) is 9.47 Å². The lowest BCUT2D eigenvalue weighted by Crippen LogP contribution is -2.15. The summed E-state index contributed by atoms with van der Waals surface area (Å²) in [7, 11) is 2.35. The fourth-order valence-electron chi connectivity index (χ4n) is 2.84. The van der Waals surface area contributed by atoms with E-state index in [1.165, 1.54) is 27.0 Å². The first-order chi connectivity index (χ1) is 14.2. The average Bonchev–Trinajstić information content (AvgIpc) is 3.27. The number of nitrogens with zero attached hydrogens (tertiary/aromatic N) is 3. The highest BCUT2D eigenvalue weighted by Gasteiger charge is 2.28. The predicted octanol–water partition coefficient (Wildman–Crippen LogP) is 3.17. The molecule has 3 heterocycles. The average molecular weight is 438 g/mol. The highest BCUT2D eigenvalue weighted by molar-refractivity contribution is 7.18. The molecule has 0 atom stereocenters. The number of halogens is 2. The molecule has 0 aromatic carbocycles. The lowest BCUT2D eigenvalue weighted by Gasteiger charge is -2.07. The molecule has 0 saturated heterocycles. The summed E-state index contributed by atoms with van der Waals surface area (Å²) >= 11 is 0.830. The number of carbonyl (C=O) groups is 3. The van der Waals surface area contributed by atoms with Gasteiger partial charge in [0, 0.05) is 5.69 Å². The van der Waals surface area contributed by atoms with E-state index in [2.05, 4.69) is 15.4 Å². The van der Waals surface area contributed by atoms with Gasteiger partial charge in [0.15, 0.2) is 5.65 Å². The van der Waals surface area contributed by atoms with Gasteiger partial charge in [-0.05, 0) is 25.5 Å². The first kappa shape index (κ1) is 21.3. The van der Waals surface area contributed by atoms with Crippen LogP contribution in [-0.2, 0) is 9.47 Å². The van der Waals surface area contributed by atoms with Crippen LogP contribution in [0.1, 0.15) is 53.8 Å². The summed E-state index contributed by atoms with van der Waals surface area (Å²) < 4.78 is 36.9. The lowest BCUT2D eigenvalue weighted by atomic mass is 10.1. The van der Waals surface area contributed by atoms with Crippen LogP contribution in [0.5, 0.6) is 0 Å². The fraction of sp³-hybridized carbons (Fsp3) is 0.278. The topological polar surface area (TPSA) is 112 Å². The van der Waals surface area contributed by atoms with Gasteiger partial charge in [-0.25, -0.2) is 27.9 Å².